The summed E-state index contributed by atoms with van der Waals surface area (Å²) < 4.78 is 12.3. The SMILES string of the molecule is CCOc1c(Cl)cc(C(=O)NCCCc2nn(-c3ccccc3)c(N)c2C#N)cc1OC. The molecule has 0 unspecified atom stereocenters. The monoisotopic (exact) mass is 453 g/mol. The summed E-state index contributed by atoms with van der Waals surface area (Å²) in [6.07, 6.45) is 1.06. The molecular weight excluding hydrogens is 430 g/mol. The zero-order valence-electron chi connectivity index (χ0n) is 17.9. The van der Waals surface area contributed by atoms with Gasteiger partial charge in [-0.1, -0.05) is 29.8 Å². The summed E-state index contributed by atoms with van der Waals surface area (Å²) in [5.41, 5.74) is 8.21. The normalized spacial score (nSPS) is 10.4. The lowest BCUT2D eigenvalue weighted by Gasteiger charge is -2.13. The van der Waals surface area contributed by atoms with Gasteiger partial charge in [0, 0.05) is 12.1 Å². The fraction of sp³-hybridized carbons (Fsp3) is 0.261. The van der Waals surface area contributed by atoms with Crippen molar-refractivity contribution >= 4 is 23.3 Å². The maximum atomic E-state index is 12.6. The van der Waals surface area contributed by atoms with Crippen LogP contribution in [-0.4, -0.2) is 35.9 Å². The van der Waals surface area contributed by atoms with Gasteiger partial charge in [0.25, 0.3) is 5.91 Å². The number of carbonyl (C=O) groups excluding carboxylic acids is 1. The van der Waals surface area contributed by atoms with Gasteiger partial charge < -0.3 is 20.5 Å². The maximum Gasteiger partial charge on any atom is 0.251 e. The first-order valence-corrected chi connectivity index (χ1v) is 10.5. The number of anilines is 1. The van der Waals surface area contributed by atoms with Crippen molar-refractivity contribution in [2.24, 2.45) is 0 Å². The van der Waals surface area contributed by atoms with E-state index in [-0.39, 0.29) is 5.91 Å². The number of para-hydroxylation sites is 1. The first-order chi connectivity index (χ1) is 15.5. The number of nitrogens with one attached hydrogen (secondary N) is 1. The Morgan fingerprint density at radius 1 is 1.31 bits per heavy atom. The van der Waals surface area contributed by atoms with E-state index < -0.39 is 0 Å². The smallest absolute Gasteiger partial charge is 0.251 e. The van der Waals surface area contributed by atoms with Crippen LogP contribution in [0, 0.1) is 11.3 Å². The molecule has 166 valence electrons. The van der Waals surface area contributed by atoms with E-state index in [4.69, 9.17) is 26.8 Å². The minimum atomic E-state index is -0.289. The van der Waals surface area contributed by atoms with Crippen molar-refractivity contribution in [2.75, 3.05) is 26.0 Å². The summed E-state index contributed by atoms with van der Waals surface area (Å²) in [5.74, 6) is 0.811. The van der Waals surface area contributed by atoms with Crippen LogP contribution in [0.5, 0.6) is 11.5 Å². The van der Waals surface area contributed by atoms with Crippen LogP contribution in [0.25, 0.3) is 5.69 Å². The van der Waals surface area contributed by atoms with Crippen molar-refractivity contribution in [1.82, 2.24) is 15.1 Å². The Balaban J connectivity index is 1.64. The highest BCUT2D eigenvalue weighted by Gasteiger charge is 2.17. The Morgan fingerprint density at radius 3 is 2.72 bits per heavy atom. The van der Waals surface area contributed by atoms with Gasteiger partial charge in [0.05, 0.1) is 30.1 Å². The molecule has 0 fully saturated rings. The Labute approximate surface area is 191 Å². The number of aromatic nitrogens is 2. The van der Waals surface area contributed by atoms with E-state index in [1.807, 2.05) is 37.3 Å². The number of nitrogens with two attached hydrogens (primary N) is 1. The number of benzene rings is 2. The Morgan fingerprint density at radius 2 is 2.06 bits per heavy atom. The van der Waals surface area contributed by atoms with Crippen LogP contribution < -0.4 is 20.5 Å². The molecule has 1 aromatic heterocycles. The predicted octanol–water partition coefficient (Wildman–Crippen LogP) is 3.75. The fourth-order valence-corrected chi connectivity index (χ4v) is 3.50. The Bertz CT molecular complexity index is 1140. The molecule has 0 radical (unpaired) electrons. The number of nitriles is 1. The van der Waals surface area contributed by atoms with Gasteiger partial charge in [0.2, 0.25) is 0 Å². The molecule has 0 spiro atoms. The van der Waals surface area contributed by atoms with Crippen molar-refractivity contribution in [3.8, 4) is 23.3 Å². The molecular formula is C23H24ClN5O3. The van der Waals surface area contributed by atoms with Gasteiger partial charge in [-0.3, -0.25) is 4.79 Å². The van der Waals surface area contributed by atoms with E-state index in [1.54, 1.807) is 16.8 Å². The molecule has 0 bridgehead atoms. The highest BCUT2D eigenvalue weighted by molar-refractivity contribution is 6.32. The van der Waals surface area contributed by atoms with Gasteiger partial charge >= 0.3 is 0 Å². The standard InChI is InChI=1S/C23H24ClN5O3/c1-3-32-21-18(24)12-15(13-20(21)31-2)23(30)27-11-7-10-19-17(14-25)22(26)29(28-19)16-8-5-4-6-9-16/h4-6,8-9,12-13H,3,7,10-11,26H2,1-2H3,(H,27,30). The molecule has 3 aromatic rings. The molecule has 1 amide bonds. The summed E-state index contributed by atoms with van der Waals surface area (Å²) in [6, 6.07) is 14.6. The molecule has 0 aliphatic heterocycles. The first-order valence-electron chi connectivity index (χ1n) is 10.1. The zero-order chi connectivity index (χ0) is 23.1. The summed E-state index contributed by atoms with van der Waals surface area (Å²) in [7, 11) is 1.49. The summed E-state index contributed by atoms with van der Waals surface area (Å²) in [4.78, 5) is 12.6. The minimum absolute atomic E-state index is 0.289. The van der Waals surface area contributed by atoms with Crippen molar-refractivity contribution in [3.05, 3.63) is 64.3 Å². The number of aryl methyl sites for hydroxylation is 1. The number of carbonyl (C=O) groups is 1. The molecule has 2 aromatic carbocycles. The van der Waals surface area contributed by atoms with Gasteiger partial charge in [0.15, 0.2) is 11.5 Å². The van der Waals surface area contributed by atoms with Crippen LogP contribution in [-0.2, 0) is 6.42 Å². The largest absolute Gasteiger partial charge is 0.493 e. The number of hydrogen-bond donors (Lipinski definition) is 2. The number of methoxy groups -OCH3 is 1. The molecule has 0 saturated heterocycles. The fourth-order valence-electron chi connectivity index (χ4n) is 3.24. The van der Waals surface area contributed by atoms with E-state index in [2.05, 4.69) is 16.5 Å². The molecule has 3 rings (SSSR count). The van der Waals surface area contributed by atoms with Gasteiger partial charge in [0.1, 0.15) is 17.5 Å². The molecule has 3 N–H and O–H groups in total. The number of halogens is 1. The van der Waals surface area contributed by atoms with Gasteiger partial charge in [-0.15, -0.1) is 0 Å². The van der Waals surface area contributed by atoms with Gasteiger partial charge in [-0.05, 0) is 44.0 Å². The lowest BCUT2D eigenvalue weighted by molar-refractivity contribution is 0.0952. The Kier molecular flexibility index (Phi) is 7.58. The summed E-state index contributed by atoms with van der Waals surface area (Å²) in [5, 5.41) is 17.1. The third-order valence-corrected chi connectivity index (χ3v) is 5.04. The number of nitrogen functional groups attached to an aromatic ring is 1. The molecule has 0 aliphatic rings. The average molecular weight is 454 g/mol. The molecule has 0 atom stereocenters. The minimum Gasteiger partial charge on any atom is -0.493 e. The third kappa shape index (κ3) is 4.95. The van der Waals surface area contributed by atoms with Crippen LogP contribution >= 0.6 is 11.6 Å². The van der Waals surface area contributed by atoms with Crippen molar-refractivity contribution < 1.29 is 14.3 Å². The van der Waals surface area contributed by atoms with Crippen molar-refractivity contribution in [3.63, 3.8) is 0 Å². The molecule has 9 heteroatoms. The number of hydrogen-bond acceptors (Lipinski definition) is 6. The molecule has 0 aliphatic carbocycles. The lowest BCUT2D eigenvalue weighted by atomic mass is 10.1. The third-order valence-electron chi connectivity index (χ3n) is 4.76. The van der Waals surface area contributed by atoms with E-state index in [1.165, 1.54) is 7.11 Å². The predicted molar refractivity (Wildman–Crippen MR) is 123 cm³/mol. The van der Waals surface area contributed by atoms with Gasteiger partial charge in [-0.25, -0.2) is 4.68 Å². The van der Waals surface area contributed by atoms with Crippen molar-refractivity contribution in [1.29, 1.82) is 5.26 Å². The van der Waals surface area contributed by atoms with E-state index >= 15 is 0 Å². The highest BCUT2D eigenvalue weighted by Crippen LogP contribution is 2.36. The summed E-state index contributed by atoms with van der Waals surface area (Å²) in [6.45, 7) is 2.65. The zero-order valence-corrected chi connectivity index (χ0v) is 18.6. The second-order valence-corrected chi connectivity index (χ2v) is 7.26. The highest BCUT2D eigenvalue weighted by atomic mass is 35.5. The Hall–Kier alpha value is -3.70. The van der Waals surface area contributed by atoms with Gasteiger partial charge in [-0.2, -0.15) is 10.4 Å². The van der Waals surface area contributed by atoms with Crippen LogP contribution in [0.1, 0.15) is 35.0 Å². The van der Waals surface area contributed by atoms with Crippen LogP contribution in [0.3, 0.4) is 0 Å². The van der Waals surface area contributed by atoms with E-state index in [9.17, 15) is 10.1 Å². The quantitative estimate of drug-likeness (QED) is 0.477. The van der Waals surface area contributed by atoms with Crippen LogP contribution in [0.15, 0.2) is 42.5 Å². The molecule has 1 heterocycles. The molecule has 8 nitrogen and oxygen atoms in total. The summed E-state index contributed by atoms with van der Waals surface area (Å²) >= 11 is 6.24. The average Bonchev–Trinajstić information content (AvgIpc) is 3.13. The molecule has 0 saturated carbocycles. The second-order valence-electron chi connectivity index (χ2n) is 6.85. The van der Waals surface area contributed by atoms with E-state index in [0.29, 0.717) is 65.2 Å². The lowest BCUT2D eigenvalue weighted by Crippen LogP contribution is -2.25. The number of nitrogens with zero attached hydrogens (tertiary/aromatic N) is 3. The van der Waals surface area contributed by atoms with E-state index in [0.717, 1.165) is 5.69 Å². The van der Waals surface area contributed by atoms with Crippen LogP contribution in [0.2, 0.25) is 5.02 Å². The maximum absolute atomic E-state index is 12.6. The number of amides is 1. The van der Waals surface area contributed by atoms with Crippen molar-refractivity contribution in [2.45, 2.75) is 19.8 Å². The number of rotatable bonds is 9. The number of ether oxygens (including phenoxy) is 2. The second kappa shape index (κ2) is 10.6. The molecule has 32 heavy (non-hydrogen) atoms. The first kappa shape index (κ1) is 23.0. The topological polar surface area (TPSA) is 115 Å². The van der Waals surface area contributed by atoms with Crippen LogP contribution in [0.4, 0.5) is 5.82 Å².